The van der Waals surface area contributed by atoms with Crippen LogP contribution in [0.1, 0.15) is 31.4 Å². The molecule has 1 aromatic carbocycles. The number of nitrogens with one attached hydrogen (secondary N) is 2. The van der Waals surface area contributed by atoms with E-state index in [0.717, 1.165) is 24.9 Å². The van der Waals surface area contributed by atoms with Crippen LogP contribution in [0.2, 0.25) is 5.02 Å². The summed E-state index contributed by atoms with van der Waals surface area (Å²) in [6.07, 6.45) is 1.90. The summed E-state index contributed by atoms with van der Waals surface area (Å²) >= 11 is 5.99. The van der Waals surface area contributed by atoms with Gasteiger partial charge in [-0.05, 0) is 43.4 Å². The normalized spacial score (nSPS) is 19.0. The molecule has 1 fully saturated rings. The Morgan fingerprint density at radius 2 is 2.26 bits per heavy atom. The van der Waals surface area contributed by atoms with Crippen LogP contribution < -0.4 is 16.4 Å². The lowest BCUT2D eigenvalue weighted by molar-refractivity contribution is 0.162. The third-order valence-corrected chi connectivity index (χ3v) is 4.29. The Kier molecular flexibility index (Phi) is 6.10. The highest BCUT2D eigenvalue weighted by molar-refractivity contribution is 6.30. The molecular weight excluding hydrogens is 316 g/mol. The van der Waals surface area contributed by atoms with Crippen molar-refractivity contribution in [1.82, 2.24) is 15.5 Å². The number of rotatable bonds is 4. The Morgan fingerprint density at radius 3 is 2.96 bits per heavy atom. The van der Waals surface area contributed by atoms with Gasteiger partial charge in [0, 0.05) is 24.7 Å². The lowest BCUT2D eigenvalue weighted by atomic mass is 9.98. The average Bonchev–Trinajstić information content (AvgIpc) is 2.53. The molecule has 23 heavy (non-hydrogen) atoms. The first-order valence-corrected chi connectivity index (χ1v) is 8.17. The fraction of sp³-hybridized carbons (Fsp3) is 0.500. The predicted octanol–water partition coefficient (Wildman–Crippen LogP) is 2.49. The van der Waals surface area contributed by atoms with E-state index in [1.54, 1.807) is 11.0 Å². The second-order valence-corrected chi connectivity index (χ2v) is 6.36. The van der Waals surface area contributed by atoms with Crippen LogP contribution in [-0.2, 0) is 0 Å². The average molecular weight is 339 g/mol. The Balaban J connectivity index is 1.88. The molecule has 0 aliphatic carbocycles. The first kappa shape index (κ1) is 17.4. The number of carbonyl (C=O) groups excluding carboxylic acids is 2. The number of hydrogen-bond acceptors (Lipinski definition) is 2. The van der Waals surface area contributed by atoms with Crippen molar-refractivity contribution in [3.63, 3.8) is 0 Å². The van der Waals surface area contributed by atoms with Gasteiger partial charge in [0.05, 0.1) is 6.04 Å². The van der Waals surface area contributed by atoms with Gasteiger partial charge in [-0.3, -0.25) is 0 Å². The fourth-order valence-electron chi connectivity index (χ4n) is 2.80. The van der Waals surface area contributed by atoms with Crippen molar-refractivity contribution in [3.05, 3.63) is 34.9 Å². The van der Waals surface area contributed by atoms with Crippen molar-refractivity contribution >= 4 is 23.7 Å². The van der Waals surface area contributed by atoms with Gasteiger partial charge in [0.15, 0.2) is 0 Å². The Labute approximate surface area is 141 Å². The molecule has 7 heteroatoms. The Bertz CT molecular complexity index is 567. The largest absolute Gasteiger partial charge is 0.352 e. The van der Waals surface area contributed by atoms with E-state index in [0.29, 0.717) is 18.1 Å². The van der Waals surface area contributed by atoms with Crippen molar-refractivity contribution in [2.75, 3.05) is 19.6 Å². The molecule has 2 atom stereocenters. The van der Waals surface area contributed by atoms with Gasteiger partial charge in [0.25, 0.3) is 0 Å². The van der Waals surface area contributed by atoms with Crippen LogP contribution in [0.15, 0.2) is 24.3 Å². The highest BCUT2D eigenvalue weighted by Crippen LogP contribution is 2.19. The Morgan fingerprint density at radius 1 is 1.48 bits per heavy atom. The summed E-state index contributed by atoms with van der Waals surface area (Å²) in [5.74, 6) is 0.239. The maximum Gasteiger partial charge on any atom is 0.317 e. The zero-order valence-electron chi connectivity index (χ0n) is 13.2. The van der Waals surface area contributed by atoms with Crippen LogP contribution in [0.4, 0.5) is 9.59 Å². The third-order valence-electron chi connectivity index (χ3n) is 4.06. The summed E-state index contributed by atoms with van der Waals surface area (Å²) in [5.41, 5.74) is 6.06. The molecule has 4 amide bonds. The molecule has 1 saturated heterocycles. The highest BCUT2D eigenvalue weighted by Gasteiger charge is 2.24. The van der Waals surface area contributed by atoms with E-state index in [1.807, 2.05) is 25.1 Å². The van der Waals surface area contributed by atoms with Gasteiger partial charge in [-0.1, -0.05) is 23.7 Å². The lowest BCUT2D eigenvalue weighted by Gasteiger charge is -2.33. The minimum Gasteiger partial charge on any atom is -0.352 e. The van der Waals surface area contributed by atoms with Gasteiger partial charge in [-0.2, -0.15) is 0 Å². The molecule has 0 spiro atoms. The number of piperidine rings is 1. The number of nitrogens with zero attached hydrogens (tertiary/aromatic N) is 1. The van der Waals surface area contributed by atoms with E-state index >= 15 is 0 Å². The van der Waals surface area contributed by atoms with E-state index in [-0.39, 0.29) is 18.0 Å². The van der Waals surface area contributed by atoms with Crippen molar-refractivity contribution in [2.24, 2.45) is 11.7 Å². The SMILES string of the molecule is C[C@@H](NC(=O)N1CCC[C@H](CNC(N)=O)C1)c1cccc(Cl)c1. The summed E-state index contributed by atoms with van der Waals surface area (Å²) in [5, 5.41) is 6.26. The van der Waals surface area contributed by atoms with E-state index in [1.165, 1.54) is 0 Å². The minimum atomic E-state index is -0.527. The van der Waals surface area contributed by atoms with E-state index in [9.17, 15) is 9.59 Å². The van der Waals surface area contributed by atoms with Crippen molar-refractivity contribution < 1.29 is 9.59 Å². The number of likely N-dealkylation sites (tertiary alicyclic amines) is 1. The van der Waals surface area contributed by atoms with E-state index < -0.39 is 6.03 Å². The Hall–Kier alpha value is -1.95. The molecule has 1 aromatic rings. The number of benzene rings is 1. The first-order valence-electron chi connectivity index (χ1n) is 7.80. The number of primary amides is 1. The van der Waals surface area contributed by atoms with Gasteiger partial charge in [0.2, 0.25) is 0 Å². The van der Waals surface area contributed by atoms with Gasteiger partial charge in [0.1, 0.15) is 0 Å². The number of carbonyl (C=O) groups is 2. The molecule has 1 aliphatic heterocycles. The van der Waals surface area contributed by atoms with E-state index in [4.69, 9.17) is 17.3 Å². The van der Waals surface area contributed by atoms with Crippen molar-refractivity contribution in [3.8, 4) is 0 Å². The van der Waals surface area contributed by atoms with Crippen LogP contribution in [-0.4, -0.2) is 36.6 Å². The van der Waals surface area contributed by atoms with Gasteiger partial charge in [-0.15, -0.1) is 0 Å². The molecule has 0 aromatic heterocycles. The monoisotopic (exact) mass is 338 g/mol. The molecular formula is C16H23ClN4O2. The number of halogens is 1. The molecule has 6 nitrogen and oxygen atoms in total. The molecule has 0 unspecified atom stereocenters. The van der Waals surface area contributed by atoms with Crippen molar-refractivity contribution in [2.45, 2.75) is 25.8 Å². The second-order valence-electron chi connectivity index (χ2n) is 5.93. The zero-order chi connectivity index (χ0) is 16.8. The summed E-state index contributed by atoms with van der Waals surface area (Å²) in [7, 11) is 0. The van der Waals surface area contributed by atoms with Crippen LogP contribution in [0.5, 0.6) is 0 Å². The third kappa shape index (κ3) is 5.32. The number of nitrogens with two attached hydrogens (primary N) is 1. The standard InChI is InChI=1S/C16H23ClN4O2/c1-11(13-5-2-6-14(17)8-13)20-16(23)21-7-3-4-12(10-21)9-19-15(18)22/h2,5-6,8,11-12H,3-4,7,9-10H2,1H3,(H,20,23)(H3,18,19,22)/t11-,12-/m1/s1. The van der Waals surface area contributed by atoms with Crippen LogP contribution in [0.25, 0.3) is 0 Å². The summed E-state index contributed by atoms with van der Waals surface area (Å²) in [4.78, 5) is 25.0. The second kappa shape index (κ2) is 8.06. The van der Waals surface area contributed by atoms with Crippen LogP contribution >= 0.6 is 11.6 Å². The van der Waals surface area contributed by atoms with Crippen LogP contribution in [0.3, 0.4) is 0 Å². The zero-order valence-corrected chi connectivity index (χ0v) is 14.0. The molecule has 1 aliphatic rings. The van der Waals surface area contributed by atoms with Gasteiger partial charge < -0.3 is 21.3 Å². The summed E-state index contributed by atoms with van der Waals surface area (Å²) < 4.78 is 0. The molecule has 0 bridgehead atoms. The molecule has 0 radical (unpaired) electrons. The maximum absolute atomic E-state index is 12.4. The molecule has 0 saturated carbocycles. The minimum absolute atomic E-state index is 0.0961. The smallest absolute Gasteiger partial charge is 0.317 e. The van der Waals surface area contributed by atoms with Crippen LogP contribution in [0, 0.1) is 5.92 Å². The maximum atomic E-state index is 12.4. The summed E-state index contributed by atoms with van der Waals surface area (Å²) in [6, 6.07) is 6.72. The first-order chi connectivity index (χ1) is 11.0. The number of amides is 4. The number of urea groups is 2. The van der Waals surface area contributed by atoms with Gasteiger partial charge in [-0.25, -0.2) is 9.59 Å². The quantitative estimate of drug-likeness (QED) is 0.787. The van der Waals surface area contributed by atoms with Crippen molar-refractivity contribution in [1.29, 1.82) is 0 Å². The lowest BCUT2D eigenvalue weighted by Crippen LogP contribution is -2.48. The molecule has 2 rings (SSSR count). The summed E-state index contributed by atoms with van der Waals surface area (Å²) in [6.45, 7) is 3.78. The molecule has 1 heterocycles. The highest BCUT2D eigenvalue weighted by atomic mass is 35.5. The fourth-order valence-corrected chi connectivity index (χ4v) is 3.00. The number of hydrogen-bond donors (Lipinski definition) is 3. The van der Waals surface area contributed by atoms with Gasteiger partial charge >= 0.3 is 12.1 Å². The topological polar surface area (TPSA) is 87.5 Å². The molecule has 126 valence electrons. The predicted molar refractivity (Wildman–Crippen MR) is 90.3 cm³/mol. The molecule has 4 N–H and O–H groups in total. The van der Waals surface area contributed by atoms with E-state index in [2.05, 4.69) is 10.6 Å².